The first-order valence-electron chi connectivity index (χ1n) is 8.31. The number of hydrogen-bond acceptors (Lipinski definition) is 6. The van der Waals surface area contributed by atoms with Gasteiger partial charge in [-0.15, -0.1) is 15.3 Å². The fourth-order valence-electron chi connectivity index (χ4n) is 3.10. The van der Waals surface area contributed by atoms with Crippen molar-refractivity contribution in [2.45, 2.75) is 38.2 Å². The maximum Gasteiger partial charge on any atom is 0.225 e. The van der Waals surface area contributed by atoms with E-state index in [-0.39, 0.29) is 12.3 Å². The number of carbonyl (C=O) groups excluding carboxylic acids is 1. The molecule has 0 radical (unpaired) electrons. The number of aromatic nitrogens is 4. The Bertz CT molecular complexity index is 743. The standard InChI is InChI=1S/C16H24N6O2/c1-4-12-17-18-13-6-7-14(19-22(12)13)21-9-5-8-16(24,11-21)10-15(23)20(2)3/h6-7,24H,4-5,8-11H2,1-3H3. The Morgan fingerprint density at radius 1 is 1.38 bits per heavy atom. The third-order valence-corrected chi connectivity index (χ3v) is 4.49. The fraction of sp³-hybridized carbons (Fsp3) is 0.625. The van der Waals surface area contributed by atoms with Crippen molar-refractivity contribution >= 4 is 17.4 Å². The minimum absolute atomic E-state index is 0.0603. The monoisotopic (exact) mass is 332 g/mol. The van der Waals surface area contributed by atoms with Gasteiger partial charge < -0.3 is 14.9 Å². The van der Waals surface area contributed by atoms with Gasteiger partial charge in [-0.1, -0.05) is 6.92 Å². The number of rotatable bonds is 4. The Balaban J connectivity index is 1.82. The molecule has 8 heteroatoms. The zero-order chi connectivity index (χ0) is 17.3. The van der Waals surface area contributed by atoms with Crippen LogP contribution in [0, 0.1) is 0 Å². The topological polar surface area (TPSA) is 86.9 Å². The molecule has 0 spiro atoms. The molecule has 1 unspecified atom stereocenters. The molecule has 2 aromatic rings. The second-order valence-corrected chi connectivity index (χ2v) is 6.65. The van der Waals surface area contributed by atoms with Crippen molar-refractivity contribution in [3.05, 3.63) is 18.0 Å². The minimum atomic E-state index is -1.02. The van der Waals surface area contributed by atoms with Crippen molar-refractivity contribution in [1.29, 1.82) is 0 Å². The Hall–Kier alpha value is -2.22. The Kier molecular flexibility index (Phi) is 4.40. The molecular weight excluding hydrogens is 308 g/mol. The quantitative estimate of drug-likeness (QED) is 0.877. The lowest BCUT2D eigenvalue weighted by Gasteiger charge is -2.39. The number of nitrogens with zero attached hydrogens (tertiary/aromatic N) is 6. The molecule has 0 bridgehead atoms. The number of carbonyl (C=O) groups is 1. The van der Waals surface area contributed by atoms with E-state index in [4.69, 9.17) is 0 Å². The van der Waals surface area contributed by atoms with E-state index in [9.17, 15) is 9.90 Å². The maximum atomic E-state index is 12.0. The predicted molar refractivity (Wildman–Crippen MR) is 89.9 cm³/mol. The SMILES string of the molecule is CCc1nnc2ccc(N3CCCC(O)(CC(=O)N(C)C)C3)nn12. The molecule has 2 aromatic heterocycles. The van der Waals surface area contributed by atoms with Gasteiger partial charge in [0.1, 0.15) is 5.82 Å². The third-order valence-electron chi connectivity index (χ3n) is 4.49. The van der Waals surface area contributed by atoms with Gasteiger partial charge in [0.05, 0.1) is 12.0 Å². The number of β-amino-alcohol motifs (C(OH)–C–C–N with tert-alkyl or cyclic N) is 1. The number of piperidine rings is 1. The minimum Gasteiger partial charge on any atom is -0.388 e. The second kappa shape index (κ2) is 6.35. The molecule has 1 aliphatic heterocycles. The van der Waals surface area contributed by atoms with Gasteiger partial charge in [-0.2, -0.15) is 4.52 Å². The van der Waals surface area contributed by atoms with Crippen molar-refractivity contribution in [3.8, 4) is 0 Å². The van der Waals surface area contributed by atoms with Crippen molar-refractivity contribution in [1.82, 2.24) is 24.7 Å². The normalized spacial score (nSPS) is 21.2. The van der Waals surface area contributed by atoms with E-state index in [0.29, 0.717) is 18.6 Å². The summed E-state index contributed by atoms with van der Waals surface area (Å²) in [5.74, 6) is 1.52. The van der Waals surface area contributed by atoms with E-state index in [1.54, 1.807) is 18.6 Å². The summed E-state index contributed by atoms with van der Waals surface area (Å²) in [6, 6.07) is 3.77. The van der Waals surface area contributed by atoms with Crippen molar-refractivity contribution in [2.24, 2.45) is 0 Å². The van der Waals surface area contributed by atoms with E-state index in [2.05, 4.69) is 15.3 Å². The van der Waals surface area contributed by atoms with Crippen molar-refractivity contribution < 1.29 is 9.90 Å². The molecular formula is C16H24N6O2. The highest BCUT2D eigenvalue weighted by Crippen LogP contribution is 2.28. The number of aliphatic hydroxyl groups is 1. The number of amides is 1. The first-order valence-corrected chi connectivity index (χ1v) is 8.31. The molecule has 8 nitrogen and oxygen atoms in total. The predicted octanol–water partition coefficient (Wildman–Crippen LogP) is 0.496. The molecule has 3 heterocycles. The molecule has 3 rings (SSSR count). The van der Waals surface area contributed by atoms with Crippen LogP contribution in [0.2, 0.25) is 0 Å². The molecule has 1 aliphatic rings. The van der Waals surface area contributed by atoms with E-state index in [1.807, 2.05) is 24.0 Å². The molecule has 1 saturated heterocycles. The van der Waals surface area contributed by atoms with E-state index >= 15 is 0 Å². The van der Waals surface area contributed by atoms with E-state index < -0.39 is 5.60 Å². The fourth-order valence-corrected chi connectivity index (χ4v) is 3.10. The van der Waals surface area contributed by atoms with Crippen LogP contribution in [-0.2, 0) is 11.2 Å². The second-order valence-electron chi connectivity index (χ2n) is 6.65. The van der Waals surface area contributed by atoms with Crippen molar-refractivity contribution in [3.63, 3.8) is 0 Å². The van der Waals surface area contributed by atoms with Gasteiger partial charge in [-0.25, -0.2) is 0 Å². The average molecular weight is 332 g/mol. The lowest BCUT2D eigenvalue weighted by molar-refractivity contribution is -0.134. The maximum absolute atomic E-state index is 12.0. The Labute approximate surface area is 141 Å². The molecule has 130 valence electrons. The first kappa shape index (κ1) is 16.6. The summed E-state index contributed by atoms with van der Waals surface area (Å²) in [5.41, 5.74) is -0.303. The third kappa shape index (κ3) is 3.19. The molecule has 0 saturated carbocycles. The lowest BCUT2D eigenvalue weighted by atomic mass is 9.89. The molecule has 1 fully saturated rings. The van der Waals surface area contributed by atoms with Crippen LogP contribution in [0.3, 0.4) is 0 Å². The summed E-state index contributed by atoms with van der Waals surface area (Å²) in [6.45, 7) is 3.21. The van der Waals surface area contributed by atoms with Crippen molar-refractivity contribution in [2.75, 3.05) is 32.1 Å². The summed E-state index contributed by atoms with van der Waals surface area (Å²) >= 11 is 0. The number of anilines is 1. The van der Waals surface area contributed by atoms with Crippen LogP contribution in [-0.4, -0.2) is 68.5 Å². The largest absolute Gasteiger partial charge is 0.388 e. The van der Waals surface area contributed by atoms with Crippen LogP contribution in [0.25, 0.3) is 5.65 Å². The molecule has 24 heavy (non-hydrogen) atoms. The summed E-state index contributed by atoms with van der Waals surface area (Å²) in [7, 11) is 3.42. The molecule has 1 amide bonds. The van der Waals surface area contributed by atoms with Gasteiger partial charge >= 0.3 is 0 Å². The zero-order valence-corrected chi connectivity index (χ0v) is 14.4. The van der Waals surface area contributed by atoms with Gasteiger partial charge in [0, 0.05) is 33.6 Å². The van der Waals surface area contributed by atoms with Crippen LogP contribution in [0.5, 0.6) is 0 Å². The van der Waals surface area contributed by atoms with Crippen LogP contribution >= 0.6 is 0 Å². The Morgan fingerprint density at radius 2 is 2.17 bits per heavy atom. The molecule has 0 aliphatic carbocycles. The summed E-state index contributed by atoms with van der Waals surface area (Å²) in [4.78, 5) is 15.5. The van der Waals surface area contributed by atoms with Gasteiger partial charge in [0.25, 0.3) is 0 Å². The van der Waals surface area contributed by atoms with Crippen LogP contribution in [0.15, 0.2) is 12.1 Å². The van der Waals surface area contributed by atoms with Gasteiger partial charge in [-0.05, 0) is 25.0 Å². The van der Waals surface area contributed by atoms with E-state index in [0.717, 1.165) is 31.0 Å². The number of hydrogen-bond donors (Lipinski definition) is 1. The highest BCUT2D eigenvalue weighted by Gasteiger charge is 2.36. The molecule has 1 N–H and O–H groups in total. The first-order chi connectivity index (χ1) is 11.4. The summed E-state index contributed by atoms with van der Waals surface area (Å²) in [6.07, 6.45) is 2.32. The van der Waals surface area contributed by atoms with Gasteiger partial charge in [-0.3, -0.25) is 4.79 Å². The Morgan fingerprint density at radius 3 is 2.88 bits per heavy atom. The molecule has 0 aromatic carbocycles. The zero-order valence-electron chi connectivity index (χ0n) is 14.4. The van der Waals surface area contributed by atoms with E-state index in [1.165, 1.54) is 4.90 Å². The summed E-state index contributed by atoms with van der Waals surface area (Å²) in [5, 5.41) is 23.7. The summed E-state index contributed by atoms with van der Waals surface area (Å²) < 4.78 is 1.74. The number of fused-ring (bicyclic) bond motifs is 1. The number of aryl methyl sites for hydroxylation is 1. The smallest absolute Gasteiger partial charge is 0.225 e. The van der Waals surface area contributed by atoms with Crippen LogP contribution < -0.4 is 4.90 Å². The highest BCUT2D eigenvalue weighted by molar-refractivity contribution is 5.76. The highest BCUT2D eigenvalue weighted by atomic mass is 16.3. The van der Waals surface area contributed by atoms with Gasteiger partial charge in [0.15, 0.2) is 11.5 Å². The van der Waals surface area contributed by atoms with Gasteiger partial charge in [0.2, 0.25) is 5.91 Å². The molecule has 1 atom stereocenters. The average Bonchev–Trinajstić information content (AvgIpc) is 2.96. The van der Waals surface area contributed by atoms with Crippen LogP contribution in [0.1, 0.15) is 32.0 Å². The lowest BCUT2D eigenvalue weighted by Crippen LogP contribution is -2.50. The van der Waals surface area contributed by atoms with Crippen LogP contribution in [0.4, 0.5) is 5.82 Å².